The van der Waals surface area contributed by atoms with Crippen molar-refractivity contribution in [3.8, 4) is 0 Å². The molecule has 19 heavy (non-hydrogen) atoms. The number of benzene rings is 1. The van der Waals surface area contributed by atoms with Gasteiger partial charge in [0.05, 0.1) is 12.7 Å². The monoisotopic (exact) mass is 262 g/mol. The Labute approximate surface area is 112 Å². The summed E-state index contributed by atoms with van der Waals surface area (Å²) in [4.78, 5) is 11.9. The summed E-state index contributed by atoms with van der Waals surface area (Å²) in [6.07, 6.45) is -0.529. The summed E-state index contributed by atoms with van der Waals surface area (Å²) in [5.41, 5.74) is -0.607. The lowest BCUT2D eigenvalue weighted by Crippen LogP contribution is -2.43. The first-order valence-electron chi connectivity index (χ1n) is 6.53. The van der Waals surface area contributed by atoms with Gasteiger partial charge in [-0.2, -0.15) is 0 Å². The number of fused-ring (bicyclic) bond motifs is 2. The molecular weight excluding hydrogens is 244 g/mol. The molecule has 1 aromatic rings. The summed E-state index contributed by atoms with van der Waals surface area (Å²) >= 11 is 0. The van der Waals surface area contributed by atoms with E-state index in [1.165, 1.54) is 0 Å². The third-order valence-electron chi connectivity index (χ3n) is 4.23. The lowest BCUT2D eigenvalue weighted by atomic mass is 9.90. The second kappa shape index (κ2) is 4.05. The standard InChI is InChI=1S/C15H18O4/c1-10-14(2)12(15(3,18-10)13(16)19-14)17-9-11-7-5-4-6-8-11/h4-8,10,12H,9H2,1-3H3/t10-,12+,14-,15+/m0/s1. The maximum atomic E-state index is 11.9. The quantitative estimate of drug-likeness (QED) is 0.782. The van der Waals surface area contributed by atoms with Crippen LogP contribution in [-0.2, 0) is 25.6 Å². The largest absolute Gasteiger partial charge is 0.451 e. The number of rotatable bonds is 3. The zero-order valence-electron chi connectivity index (χ0n) is 11.4. The van der Waals surface area contributed by atoms with Crippen LogP contribution >= 0.6 is 0 Å². The Balaban J connectivity index is 1.80. The third-order valence-corrected chi connectivity index (χ3v) is 4.23. The Bertz CT molecular complexity index is 500. The maximum absolute atomic E-state index is 11.9. The minimum atomic E-state index is -0.983. The van der Waals surface area contributed by atoms with Crippen molar-refractivity contribution in [3.05, 3.63) is 35.9 Å². The number of esters is 1. The highest BCUT2D eigenvalue weighted by atomic mass is 16.7. The molecule has 2 bridgehead atoms. The van der Waals surface area contributed by atoms with Crippen LogP contribution < -0.4 is 0 Å². The second-order valence-corrected chi connectivity index (χ2v) is 5.62. The fourth-order valence-corrected chi connectivity index (χ4v) is 2.98. The van der Waals surface area contributed by atoms with Gasteiger partial charge in [-0.25, -0.2) is 4.79 Å². The van der Waals surface area contributed by atoms with Gasteiger partial charge < -0.3 is 14.2 Å². The number of carbonyl (C=O) groups excluding carboxylic acids is 1. The van der Waals surface area contributed by atoms with E-state index in [0.29, 0.717) is 6.61 Å². The predicted octanol–water partition coefficient (Wildman–Crippen LogP) is 2.06. The van der Waals surface area contributed by atoms with Gasteiger partial charge in [0.1, 0.15) is 6.10 Å². The highest BCUT2D eigenvalue weighted by Crippen LogP contribution is 2.49. The number of hydrogen-bond donors (Lipinski definition) is 0. The summed E-state index contributed by atoms with van der Waals surface area (Å²) in [7, 11) is 0. The third kappa shape index (κ3) is 1.70. The molecule has 3 rings (SSSR count). The van der Waals surface area contributed by atoms with Crippen LogP contribution in [0, 0.1) is 0 Å². The maximum Gasteiger partial charge on any atom is 0.341 e. The highest BCUT2D eigenvalue weighted by Gasteiger charge is 2.71. The lowest BCUT2D eigenvalue weighted by Gasteiger charge is -2.29. The molecule has 4 nitrogen and oxygen atoms in total. The Hall–Kier alpha value is -1.39. The van der Waals surface area contributed by atoms with E-state index in [1.54, 1.807) is 6.92 Å². The zero-order valence-corrected chi connectivity index (χ0v) is 11.4. The van der Waals surface area contributed by atoms with Crippen LogP contribution in [0.5, 0.6) is 0 Å². The molecule has 2 saturated heterocycles. The minimum absolute atomic E-state index is 0.157. The molecule has 2 aliphatic heterocycles. The second-order valence-electron chi connectivity index (χ2n) is 5.62. The van der Waals surface area contributed by atoms with E-state index in [9.17, 15) is 4.79 Å². The molecule has 0 amide bonds. The van der Waals surface area contributed by atoms with Crippen LogP contribution in [0.4, 0.5) is 0 Å². The van der Waals surface area contributed by atoms with E-state index < -0.39 is 11.2 Å². The summed E-state index contributed by atoms with van der Waals surface area (Å²) < 4.78 is 17.2. The molecule has 0 N–H and O–H groups in total. The van der Waals surface area contributed by atoms with Crippen LogP contribution in [0.3, 0.4) is 0 Å². The Morgan fingerprint density at radius 3 is 2.53 bits per heavy atom. The van der Waals surface area contributed by atoms with E-state index in [4.69, 9.17) is 14.2 Å². The average molecular weight is 262 g/mol. The zero-order chi connectivity index (χ0) is 13.7. The molecule has 0 aliphatic carbocycles. The molecule has 2 heterocycles. The lowest BCUT2D eigenvalue weighted by molar-refractivity contribution is -0.192. The number of hydrogen-bond acceptors (Lipinski definition) is 4. The summed E-state index contributed by atoms with van der Waals surface area (Å²) in [6, 6.07) is 9.88. The van der Waals surface area contributed by atoms with E-state index >= 15 is 0 Å². The van der Waals surface area contributed by atoms with Gasteiger partial charge in [-0.15, -0.1) is 0 Å². The fourth-order valence-electron chi connectivity index (χ4n) is 2.98. The van der Waals surface area contributed by atoms with Crippen molar-refractivity contribution >= 4 is 5.97 Å². The molecule has 2 fully saturated rings. The van der Waals surface area contributed by atoms with Gasteiger partial charge in [0.25, 0.3) is 0 Å². The number of carbonyl (C=O) groups is 1. The SMILES string of the molecule is C[C@@H]1O[C@@]2(C)C(=O)O[C@]1(C)[C@H]2OCc1ccccc1. The van der Waals surface area contributed by atoms with E-state index in [0.717, 1.165) is 5.56 Å². The van der Waals surface area contributed by atoms with Gasteiger partial charge in [-0.3, -0.25) is 0 Å². The predicted molar refractivity (Wildman–Crippen MR) is 68.5 cm³/mol. The first kappa shape index (κ1) is 12.6. The molecule has 2 aliphatic rings. The first-order valence-corrected chi connectivity index (χ1v) is 6.53. The summed E-state index contributed by atoms with van der Waals surface area (Å²) in [5.74, 6) is -0.328. The molecule has 0 spiro atoms. The van der Waals surface area contributed by atoms with Crippen molar-refractivity contribution in [2.24, 2.45) is 0 Å². The molecule has 1 aromatic carbocycles. The normalized spacial score (nSPS) is 40.5. The Kier molecular flexibility index (Phi) is 2.69. The first-order chi connectivity index (χ1) is 8.97. The Morgan fingerprint density at radius 1 is 1.26 bits per heavy atom. The molecule has 0 unspecified atom stereocenters. The van der Waals surface area contributed by atoms with Crippen molar-refractivity contribution in [3.63, 3.8) is 0 Å². The molecule has 4 heteroatoms. The van der Waals surface area contributed by atoms with Crippen molar-refractivity contribution in [2.75, 3.05) is 0 Å². The average Bonchev–Trinajstić information content (AvgIpc) is 2.68. The van der Waals surface area contributed by atoms with Gasteiger partial charge in [-0.05, 0) is 26.3 Å². The van der Waals surface area contributed by atoms with Gasteiger partial charge in [0.15, 0.2) is 11.2 Å². The van der Waals surface area contributed by atoms with Crippen LogP contribution in [0.15, 0.2) is 30.3 Å². The topological polar surface area (TPSA) is 44.8 Å². The van der Waals surface area contributed by atoms with Crippen LogP contribution in [0.25, 0.3) is 0 Å². The summed E-state index contributed by atoms with van der Waals surface area (Å²) in [5, 5.41) is 0. The van der Waals surface area contributed by atoms with Crippen LogP contribution in [-0.4, -0.2) is 29.4 Å². The Morgan fingerprint density at radius 2 is 1.95 bits per heavy atom. The molecule has 0 radical (unpaired) electrons. The molecular formula is C15H18O4. The van der Waals surface area contributed by atoms with Gasteiger partial charge in [0.2, 0.25) is 0 Å². The van der Waals surface area contributed by atoms with Gasteiger partial charge in [0, 0.05) is 0 Å². The van der Waals surface area contributed by atoms with Gasteiger partial charge in [-0.1, -0.05) is 30.3 Å². The van der Waals surface area contributed by atoms with Gasteiger partial charge >= 0.3 is 5.97 Å². The molecule has 0 saturated carbocycles. The van der Waals surface area contributed by atoms with E-state index in [2.05, 4.69) is 0 Å². The fraction of sp³-hybridized carbons (Fsp3) is 0.533. The van der Waals surface area contributed by atoms with E-state index in [-0.39, 0.29) is 18.2 Å². The molecule has 4 atom stereocenters. The summed E-state index contributed by atoms with van der Waals surface area (Å²) in [6.45, 7) is 5.99. The van der Waals surface area contributed by atoms with Crippen molar-refractivity contribution < 1.29 is 19.0 Å². The van der Waals surface area contributed by atoms with Crippen molar-refractivity contribution in [1.29, 1.82) is 0 Å². The van der Waals surface area contributed by atoms with Crippen LogP contribution in [0.1, 0.15) is 26.3 Å². The van der Waals surface area contributed by atoms with Crippen molar-refractivity contribution in [1.82, 2.24) is 0 Å². The number of ether oxygens (including phenoxy) is 3. The minimum Gasteiger partial charge on any atom is -0.451 e. The molecule has 0 aromatic heterocycles. The highest BCUT2D eigenvalue weighted by molar-refractivity contribution is 5.84. The smallest absolute Gasteiger partial charge is 0.341 e. The molecule has 102 valence electrons. The van der Waals surface area contributed by atoms with Crippen molar-refractivity contribution in [2.45, 2.75) is 50.8 Å². The van der Waals surface area contributed by atoms with Crippen LogP contribution in [0.2, 0.25) is 0 Å². The van der Waals surface area contributed by atoms with E-state index in [1.807, 2.05) is 44.2 Å².